The van der Waals surface area contributed by atoms with Crippen LogP contribution in [0.5, 0.6) is 0 Å². The van der Waals surface area contributed by atoms with Gasteiger partial charge in [0.1, 0.15) is 5.60 Å². The van der Waals surface area contributed by atoms with Crippen molar-refractivity contribution in [2.24, 2.45) is 5.92 Å². The number of rotatable bonds is 10. The lowest BCUT2D eigenvalue weighted by Gasteiger charge is -2.33. The Labute approximate surface area is 232 Å². The molecule has 7 heteroatoms. The normalized spacial score (nSPS) is 15.0. The first-order valence-electron chi connectivity index (χ1n) is 14.1. The number of hydrogen-bond acceptors (Lipinski definition) is 5. The maximum Gasteiger partial charge on any atom is 0.306 e. The zero-order valence-electron chi connectivity index (χ0n) is 24.0. The van der Waals surface area contributed by atoms with E-state index in [2.05, 4.69) is 59.4 Å². The van der Waals surface area contributed by atoms with E-state index in [4.69, 9.17) is 9.47 Å². The predicted molar refractivity (Wildman–Crippen MR) is 156 cm³/mol. The maximum atomic E-state index is 13.4. The number of benzene rings is 2. The fraction of sp³-hybridized carbons (Fsp3) is 0.500. The van der Waals surface area contributed by atoms with Gasteiger partial charge >= 0.3 is 5.97 Å². The van der Waals surface area contributed by atoms with Crippen molar-refractivity contribution >= 4 is 28.5 Å². The number of para-hydroxylation sites is 1. The second kappa shape index (κ2) is 12.7. The summed E-state index contributed by atoms with van der Waals surface area (Å²) in [6.45, 7) is 13.2. The van der Waals surface area contributed by atoms with E-state index < -0.39 is 5.60 Å². The monoisotopic (exact) mass is 533 g/mol. The second-order valence-electron chi connectivity index (χ2n) is 11.9. The maximum absolute atomic E-state index is 13.4. The molecule has 2 aromatic carbocycles. The third kappa shape index (κ3) is 8.09. The van der Waals surface area contributed by atoms with E-state index in [9.17, 15) is 9.59 Å². The minimum absolute atomic E-state index is 0.00243. The van der Waals surface area contributed by atoms with Gasteiger partial charge in [-0.3, -0.25) is 9.59 Å². The Bertz CT molecular complexity index is 1270. The SMILES string of the molecule is CC(C)CC(NC(=O)Cc1ccc2[nH]cc(CCC(=O)OC(C)(C)C)c2c1)c1ccccc1N1CCOCC1. The van der Waals surface area contributed by atoms with E-state index in [1.54, 1.807) is 0 Å². The number of amides is 1. The fourth-order valence-corrected chi connectivity index (χ4v) is 5.21. The zero-order valence-corrected chi connectivity index (χ0v) is 24.0. The largest absolute Gasteiger partial charge is 0.460 e. The number of nitrogens with one attached hydrogen (secondary N) is 2. The number of nitrogens with zero attached hydrogens (tertiary/aromatic N) is 1. The Morgan fingerprint density at radius 3 is 2.56 bits per heavy atom. The summed E-state index contributed by atoms with van der Waals surface area (Å²) >= 11 is 0. The number of H-pyrrole nitrogens is 1. The van der Waals surface area contributed by atoms with Gasteiger partial charge in [0.15, 0.2) is 0 Å². The van der Waals surface area contributed by atoms with E-state index in [0.717, 1.165) is 60.3 Å². The molecule has 1 aromatic heterocycles. The molecule has 1 atom stereocenters. The number of aromatic nitrogens is 1. The van der Waals surface area contributed by atoms with Crippen LogP contribution in [0.4, 0.5) is 5.69 Å². The molecule has 1 unspecified atom stereocenters. The molecular weight excluding hydrogens is 490 g/mol. The van der Waals surface area contributed by atoms with Crippen LogP contribution in [0.2, 0.25) is 0 Å². The molecular formula is C32H43N3O4. The van der Waals surface area contributed by atoms with Gasteiger partial charge < -0.3 is 24.7 Å². The molecule has 1 aliphatic rings. The summed E-state index contributed by atoms with van der Waals surface area (Å²) in [6, 6.07) is 14.4. The highest BCUT2D eigenvalue weighted by Crippen LogP contribution is 2.31. The smallest absolute Gasteiger partial charge is 0.306 e. The lowest BCUT2D eigenvalue weighted by Crippen LogP contribution is -2.38. The number of hydrogen-bond donors (Lipinski definition) is 2. The van der Waals surface area contributed by atoms with E-state index in [0.29, 0.717) is 25.2 Å². The molecule has 39 heavy (non-hydrogen) atoms. The van der Waals surface area contributed by atoms with Gasteiger partial charge in [0.05, 0.1) is 25.7 Å². The van der Waals surface area contributed by atoms with Crippen molar-refractivity contribution in [2.75, 3.05) is 31.2 Å². The number of morpholine rings is 1. The van der Waals surface area contributed by atoms with Crippen molar-refractivity contribution in [3.63, 3.8) is 0 Å². The molecule has 1 fully saturated rings. The van der Waals surface area contributed by atoms with Crippen molar-refractivity contribution in [3.8, 4) is 0 Å². The average Bonchev–Trinajstić information content (AvgIpc) is 3.28. The molecule has 2 heterocycles. The summed E-state index contributed by atoms with van der Waals surface area (Å²) in [5.41, 5.74) is 4.84. The molecule has 3 aromatic rings. The number of esters is 1. The molecule has 0 bridgehead atoms. The fourth-order valence-electron chi connectivity index (χ4n) is 5.21. The van der Waals surface area contributed by atoms with Gasteiger partial charge in [0.25, 0.3) is 0 Å². The Morgan fingerprint density at radius 2 is 1.85 bits per heavy atom. The minimum atomic E-state index is -0.492. The second-order valence-corrected chi connectivity index (χ2v) is 11.9. The molecule has 7 nitrogen and oxygen atoms in total. The van der Waals surface area contributed by atoms with E-state index in [1.807, 2.05) is 39.1 Å². The van der Waals surface area contributed by atoms with Gasteiger partial charge in [0.2, 0.25) is 5.91 Å². The van der Waals surface area contributed by atoms with Gasteiger partial charge in [-0.15, -0.1) is 0 Å². The number of aromatic amines is 1. The molecule has 1 amide bonds. The molecule has 0 radical (unpaired) electrons. The Morgan fingerprint density at radius 1 is 1.10 bits per heavy atom. The quantitative estimate of drug-likeness (QED) is 0.326. The molecule has 2 N–H and O–H groups in total. The van der Waals surface area contributed by atoms with E-state index >= 15 is 0 Å². The predicted octanol–water partition coefficient (Wildman–Crippen LogP) is 5.72. The first-order chi connectivity index (χ1) is 18.6. The summed E-state index contributed by atoms with van der Waals surface area (Å²) in [4.78, 5) is 31.2. The summed E-state index contributed by atoms with van der Waals surface area (Å²) in [5.74, 6) is 0.223. The summed E-state index contributed by atoms with van der Waals surface area (Å²) in [7, 11) is 0. The lowest BCUT2D eigenvalue weighted by atomic mass is 9.94. The van der Waals surface area contributed by atoms with Crippen molar-refractivity contribution in [1.29, 1.82) is 0 Å². The number of ether oxygens (including phenoxy) is 2. The highest BCUT2D eigenvalue weighted by Gasteiger charge is 2.23. The molecule has 1 aliphatic heterocycles. The van der Waals surface area contributed by atoms with Gasteiger partial charge in [-0.05, 0) is 74.4 Å². The zero-order chi connectivity index (χ0) is 28.0. The van der Waals surface area contributed by atoms with Crippen LogP contribution in [0.25, 0.3) is 10.9 Å². The number of anilines is 1. The van der Waals surface area contributed by atoms with Crippen molar-refractivity contribution in [3.05, 3.63) is 65.4 Å². The summed E-state index contributed by atoms with van der Waals surface area (Å²) in [6.07, 6.45) is 3.99. The third-order valence-corrected chi connectivity index (χ3v) is 6.92. The van der Waals surface area contributed by atoms with Crippen molar-refractivity contribution in [2.45, 2.75) is 71.9 Å². The highest BCUT2D eigenvalue weighted by atomic mass is 16.6. The van der Waals surface area contributed by atoms with Gasteiger partial charge in [-0.2, -0.15) is 0 Å². The number of carbonyl (C=O) groups is 2. The van der Waals surface area contributed by atoms with Crippen LogP contribution in [-0.2, 0) is 31.9 Å². The molecule has 210 valence electrons. The van der Waals surface area contributed by atoms with Crippen LogP contribution in [0.3, 0.4) is 0 Å². The molecule has 1 saturated heterocycles. The van der Waals surface area contributed by atoms with E-state index in [-0.39, 0.29) is 17.9 Å². The number of fused-ring (bicyclic) bond motifs is 1. The van der Waals surface area contributed by atoms with Gasteiger partial charge in [-0.25, -0.2) is 0 Å². The van der Waals surface area contributed by atoms with Gasteiger partial charge in [-0.1, -0.05) is 38.1 Å². The van der Waals surface area contributed by atoms with Crippen LogP contribution in [0.15, 0.2) is 48.7 Å². The van der Waals surface area contributed by atoms with Crippen molar-refractivity contribution < 1.29 is 19.1 Å². The summed E-state index contributed by atoms with van der Waals surface area (Å²) < 4.78 is 11.0. The van der Waals surface area contributed by atoms with Crippen LogP contribution >= 0.6 is 0 Å². The molecule has 0 spiro atoms. The molecule has 4 rings (SSSR count). The number of aryl methyl sites for hydroxylation is 1. The standard InChI is InChI=1S/C32H43N3O4/c1-22(2)18-28(25-8-6-7-9-29(25)35-14-16-38-17-15-35)34-30(36)20-23-10-12-27-26(19-23)24(21-33-27)11-13-31(37)39-32(3,4)5/h6-10,12,19,21-22,28,33H,11,13-18,20H2,1-5H3,(H,34,36). The van der Waals surface area contributed by atoms with Gasteiger partial charge in [0, 0.05) is 42.3 Å². The molecule has 0 saturated carbocycles. The van der Waals surface area contributed by atoms with Crippen LogP contribution < -0.4 is 10.2 Å². The Kier molecular flexibility index (Phi) is 9.33. The van der Waals surface area contributed by atoms with Crippen LogP contribution in [0.1, 0.15) is 70.2 Å². The Balaban J connectivity index is 1.47. The van der Waals surface area contributed by atoms with Crippen LogP contribution in [0, 0.1) is 5.92 Å². The lowest BCUT2D eigenvalue weighted by molar-refractivity contribution is -0.154. The molecule has 0 aliphatic carbocycles. The minimum Gasteiger partial charge on any atom is -0.460 e. The van der Waals surface area contributed by atoms with Crippen LogP contribution in [-0.4, -0.2) is 48.8 Å². The number of carbonyl (C=O) groups excluding carboxylic acids is 2. The Hall–Kier alpha value is -3.32. The van der Waals surface area contributed by atoms with Crippen molar-refractivity contribution in [1.82, 2.24) is 10.3 Å². The summed E-state index contributed by atoms with van der Waals surface area (Å²) in [5, 5.41) is 4.39. The highest BCUT2D eigenvalue weighted by molar-refractivity contribution is 5.86. The average molecular weight is 534 g/mol. The third-order valence-electron chi connectivity index (χ3n) is 6.92. The first kappa shape index (κ1) is 28.7. The first-order valence-corrected chi connectivity index (χ1v) is 14.1. The topological polar surface area (TPSA) is 83.7 Å². The van der Waals surface area contributed by atoms with E-state index in [1.165, 1.54) is 5.69 Å².